The summed E-state index contributed by atoms with van der Waals surface area (Å²) in [6.07, 6.45) is -2.87. The molecule has 1 spiro atoms. The van der Waals surface area contributed by atoms with Crippen molar-refractivity contribution in [1.82, 2.24) is 0 Å². The van der Waals surface area contributed by atoms with E-state index >= 15 is 0 Å². The van der Waals surface area contributed by atoms with Gasteiger partial charge < -0.3 is 14.2 Å². The second kappa shape index (κ2) is 5.90. The van der Waals surface area contributed by atoms with Gasteiger partial charge in [-0.2, -0.15) is 8.78 Å². The zero-order valence-electron chi connectivity index (χ0n) is 12.1. The van der Waals surface area contributed by atoms with E-state index in [2.05, 4.69) is 4.74 Å². The molecule has 2 fully saturated rings. The number of hydrogen-bond acceptors (Lipinski definition) is 3. The Labute approximate surface area is 129 Å². The van der Waals surface area contributed by atoms with Gasteiger partial charge in [0.1, 0.15) is 5.75 Å². The van der Waals surface area contributed by atoms with E-state index < -0.39 is 41.0 Å². The summed E-state index contributed by atoms with van der Waals surface area (Å²) in [6.45, 7) is 0.872. The molecule has 128 valence electrons. The van der Waals surface area contributed by atoms with Gasteiger partial charge in [0.05, 0.1) is 19.1 Å². The van der Waals surface area contributed by atoms with Crippen LogP contribution >= 0.6 is 0 Å². The Morgan fingerprint density at radius 2 is 1.52 bits per heavy atom. The average molecular weight is 338 g/mol. The maximum Gasteiger partial charge on any atom is 0.400 e. The summed E-state index contributed by atoms with van der Waals surface area (Å²) >= 11 is 0. The van der Waals surface area contributed by atoms with E-state index in [1.165, 1.54) is 0 Å². The van der Waals surface area contributed by atoms with Gasteiger partial charge in [-0.3, -0.25) is 0 Å². The lowest BCUT2D eigenvalue weighted by Gasteiger charge is -2.37. The van der Waals surface area contributed by atoms with Crippen LogP contribution in [0.3, 0.4) is 0 Å². The van der Waals surface area contributed by atoms with Crippen LogP contribution in [0.1, 0.15) is 25.7 Å². The Kier molecular flexibility index (Phi) is 4.22. The first-order chi connectivity index (χ1) is 10.8. The Bertz CT molecular complexity index is 553. The predicted octanol–water partition coefficient (Wildman–Crippen LogP) is 4.01. The van der Waals surface area contributed by atoms with E-state index in [1.807, 2.05) is 0 Å². The Balaban J connectivity index is 1.67. The normalized spacial score (nSPS) is 21.8. The number of rotatable bonds is 3. The van der Waals surface area contributed by atoms with Crippen LogP contribution in [-0.2, 0) is 9.47 Å². The second-order valence-corrected chi connectivity index (χ2v) is 5.75. The summed E-state index contributed by atoms with van der Waals surface area (Å²) in [4.78, 5) is 0. The number of alkyl halides is 2. The van der Waals surface area contributed by atoms with Crippen molar-refractivity contribution >= 4 is 0 Å². The lowest BCUT2D eigenvalue weighted by molar-refractivity contribution is -0.248. The van der Waals surface area contributed by atoms with Gasteiger partial charge in [0, 0.05) is 25.0 Å². The van der Waals surface area contributed by atoms with Crippen molar-refractivity contribution in [3.05, 3.63) is 29.6 Å². The van der Waals surface area contributed by atoms with Crippen molar-refractivity contribution in [2.75, 3.05) is 13.2 Å². The molecular weight excluding hydrogens is 323 g/mol. The fourth-order valence-electron chi connectivity index (χ4n) is 3.01. The van der Waals surface area contributed by atoms with E-state index in [9.17, 15) is 22.0 Å². The molecule has 1 saturated carbocycles. The van der Waals surface area contributed by atoms with Crippen molar-refractivity contribution in [3.8, 4) is 5.75 Å². The van der Waals surface area contributed by atoms with Gasteiger partial charge >= 0.3 is 6.11 Å². The average Bonchev–Trinajstić information content (AvgIpc) is 2.93. The molecule has 0 aromatic heterocycles. The van der Waals surface area contributed by atoms with Gasteiger partial charge in [-0.1, -0.05) is 0 Å². The molecule has 1 aromatic rings. The second-order valence-electron chi connectivity index (χ2n) is 5.75. The molecule has 0 amide bonds. The van der Waals surface area contributed by atoms with E-state index in [4.69, 9.17) is 9.47 Å². The summed E-state index contributed by atoms with van der Waals surface area (Å²) in [5.74, 6) is -7.56. The molecule has 3 rings (SSSR count). The summed E-state index contributed by atoms with van der Waals surface area (Å²) in [7, 11) is 0. The lowest BCUT2D eigenvalue weighted by atomic mass is 9.84. The first-order valence-electron chi connectivity index (χ1n) is 7.31. The van der Waals surface area contributed by atoms with Gasteiger partial charge in [-0.15, -0.1) is 0 Å². The summed E-state index contributed by atoms with van der Waals surface area (Å²) < 4.78 is 82.8. The molecular formula is C15H15F5O3. The summed E-state index contributed by atoms with van der Waals surface area (Å²) in [5, 5.41) is 0. The molecule has 2 aliphatic rings. The highest BCUT2D eigenvalue weighted by atomic mass is 19.3. The molecule has 0 radical (unpaired) electrons. The van der Waals surface area contributed by atoms with Gasteiger partial charge in [0.15, 0.2) is 23.2 Å². The van der Waals surface area contributed by atoms with Gasteiger partial charge in [-0.05, 0) is 12.8 Å². The minimum absolute atomic E-state index is 0.0825. The van der Waals surface area contributed by atoms with E-state index in [0.29, 0.717) is 38.2 Å². The number of hydrogen-bond donors (Lipinski definition) is 0. The zero-order valence-corrected chi connectivity index (χ0v) is 12.1. The molecule has 8 heteroatoms. The Hall–Kier alpha value is -1.41. The third-order valence-corrected chi connectivity index (χ3v) is 4.25. The van der Waals surface area contributed by atoms with Crippen LogP contribution in [0.15, 0.2) is 12.1 Å². The molecule has 23 heavy (non-hydrogen) atoms. The molecule has 0 N–H and O–H groups in total. The van der Waals surface area contributed by atoms with Crippen LogP contribution in [0, 0.1) is 23.4 Å². The van der Waals surface area contributed by atoms with Crippen LogP contribution in [0.4, 0.5) is 22.0 Å². The van der Waals surface area contributed by atoms with Gasteiger partial charge in [-0.25, -0.2) is 13.2 Å². The number of ether oxygens (including phenoxy) is 3. The minimum atomic E-state index is -3.63. The molecule has 0 unspecified atom stereocenters. The molecule has 1 saturated heterocycles. The van der Waals surface area contributed by atoms with Crippen LogP contribution in [0.5, 0.6) is 5.75 Å². The fraction of sp³-hybridized carbons (Fsp3) is 0.600. The largest absolute Gasteiger partial charge is 0.432 e. The fourth-order valence-corrected chi connectivity index (χ4v) is 3.01. The number of benzene rings is 1. The van der Waals surface area contributed by atoms with Gasteiger partial charge in [0.25, 0.3) is 0 Å². The molecule has 1 aromatic carbocycles. The third kappa shape index (κ3) is 3.28. The first-order valence-corrected chi connectivity index (χ1v) is 7.31. The monoisotopic (exact) mass is 338 g/mol. The summed E-state index contributed by atoms with van der Waals surface area (Å²) in [6, 6.07) is 0.805. The van der Waals surface area contributed by atoms with Crippen LogP contribution in [-0.4, -0.2) is 25.1 Å². The van der Waals surface area contributed by atoms with Crippen molar-refractivity contribution in [2.45, 2.75) is 37.6 Å². The first kappa shape index (κ1) is 16.4. The van der Waals surface area contributed by atoms with Crippen molar-refractivity contribution in [2.24, 2.45) is 5.92 Å². The quantitative estimate of drug-likeness (QED) is 0.616. The molecule has 1 heterocycles. The van der Waals surface area contributed by atoms with Gasteiger partial charge in [0.2, 0.25) is 0 Å². The highest BCUT2D eigenvalue weighted by Crippen LogP contribution is 2.44. The van der Waals surface area contributed by atoms with E-state index in [1.54, 1.807) is 0 Å². The zero-order chi connectivity index (χ0) is 16.7. The maximum absolute atomic E-state index is 14.2. The van der Waals surface area contributed by atoms with Crippen LogP contribution in [0.2, 0.25) is 0 Å². The standard InChI is InChI=1S/C15H15F5O3/c16-11-7-10(8-12(17)13(11)18)23-15(19,20)9-1-3-14(4-2-9)21-5-6-22-14/h7-9H,1-6H2. The Morgan fingerprint density at radius 3 is 2.04 bits per heavy atom. The highest BCUT2D eigenvalue weighted by molar-refractivity contribution is 5.25. The summed E-state index contributed by atoms with van der Waals surface area (Å²) in [5.41, 5.74) is 0. The SMILES string of the molecule is Fc1cc(OC(F)(F)C2CCC3(CC2)OCCO3)cc(F)c1F. The minimum Gasteiger partial charge on any atom is -0.432 e. The van der Waals surface area contributed by atoms with Crippen molar-refractivity contribution in [1.29, 1.82) is 0 Å². The molecule has 1 aliphatic heterocycles. The predicted molar refractivity (Wildman–Crippen MR) is 68.5 cm³/mol. The molecule has 0 bridgehead atoms. The van der Waals surface area contributed by atoms with E-state index in [-0.39, 0.29) is 12.8 Å². The highest BCUT2D eigenvalue weighted by Gasteiger charge is 2.49. The lowest BCUT2D eigenvalue weighted by Crippen LogP contribution is -2.43. The van der Waals surface area contributed by atoms with Crippen LogP contribution in [0.25, 0.3) is 0 Å². The smallest absolute Gasteiger partial charge is 0.400 e. The topological polar surface area (TPSA) is 27.7 Å². The Morgan fingerprint density at radius 1 is 1.00 bits per heavy atom. The number of halogens is 5. The van der Waals surface area contributed by atoms with E-state index in [0.717, 1.165) is 0 Å². The van der Waals surface area contributed by atoms with Crippen molar-refractivity contribution < 1.29 is 36.2 Å². The van der Waals surface area contributed by atoms with Crippen molar-refractivity contribution in [3.63, 3.8) is 0 Å². The molecule has 0 atom stereocenters. The molecule has 1 aliphatic carbocycles. The van der Waals surface area contributed by atoms with Crippen LogP contribution < -0.4 is 4.74 Å². The third-order valence-electron chi connectivity index (χ3n) is 4.25. The maximum atomic E-state index is 14.2. The molecule has 3 nitrogen and oxygen atoms in total.